The molecule has 0 saturated carbocycles. The van der Waals surface area contributed by atoms with Crippen LogP contribution >= 0.6 is 0 Å². The van der Waals surface area contributed by atoms with Crippen LogP contribution < -0.4 is 10.9 Å². The van der Waals surface area contributed by atoms with Crippen molar-refractivity contribution in [3.8, 4) is 5.69 Å². The van der Waals surface area contributed by atoms with Crippen molar-refractivity contribution < 1.29 is 9.21 Å². The van der Waals surface area contributed by atoms with Gasteiger partial charge in [-0.05, 0) is 52.0 Å². The fraction of sp³-hybridized carbons (Fsp3) is 0.273. The number of carbonyl (C=O) groups is 1. The number of nitrogens with zero attached hydrogens (tertiary/aromatic N) is 4. The summed E-state index contributed by atoms with van der Waals surface area (Å²) in [5.41, 5.74) is 2.35. The van der Waals surface area contributed by atoms with E-state index in [4.69, 9.17) is 4.42 Å². The van der Waals surface area contributed by atoms with E-state index in [1.807, 2.05) is 56.3 Å². The zero-order chi connectivity index (χ0) is 21.4. The quantitative estimate of drug-likeness (QED) is 0.551. The highest BCUT2D eigenvalue weighted by molar-refractivity contribution is 5.84. The predicted molar refractivity (Wildman–Crippen MR) is 113 cm³/mol. The molecule has 154 valence electrons. The van der Waals surface area contributed by atoms with Crippen molar-refractivity contribution in [1.29, 1.82) is 0 Å². The third-order valence-electron chi connectivity index (χ3n) is 5.12. The van der Waals surface area contributed by atoms with Gasteiger partial charge in [0, 0.05) is 0 Å². The van der Waals surface area contributed by atoms with Gasteiger partial charge < -0.3 is 9.73 Å². The van der Waals surface area contributed by atoms with E-state index in [-0.39, 0.29) is 18.0 Å². The normalized spacial score (nSPS) is 12.3. The molecular weight excluding hydrogens is 382 g/mol. The maximum absolute atomic E-state index is 13.2. The minimum Gasteiger partial charge on any atom is -0.465 e. The number of furan rings is 1. The second-order valence-electron chi connectivity index (χ2n) is 7.30. The van der Waals surface area contributed by atoms with E-state index < -0.39 is 6.04 Å². The summed E-state index contributed by atoms with van der Waals surface area (Å²) in [4.78, 5) is 25.9. The molecule has 8 heteroatoms. The highest BCUT2D eigenvalue weighted by Crippen LogP contribution is 2.20. The Kier molecular flexibility index (Phi) is 4.99. The standard InChI is InChI=1S/C22H23N5O3/c1-13-10-11-18(30-13)12-23-21(28)16(4)27-22(29)19-15(3)26(17-8-6-5-7-9-17)25-20(19)14(2)24-27/h5-11,16H,12H2,1-4H3,(H,23,28)/t16-/m0/s1. The molecule has 0 aliphatic rings. The van der Waals surface area contributed by atoms with Crippen molar-refractivity contribution in [2.45, 2.75) is 40.3 Å². The monoisotopic (exact) mass is 405 g/mol. The maximum Gasteiger partial charge on any atom is 0.278 e. The third-order valence-corrected chi connectivity index (χ3v) is 5.12. The fourth-order valence-corrected chi connectivity index (χ4v) is 3.48. The first-order chi connectivity index (χ1) is 14.4. The van der Waals surface area contributed by atoms with Crippen molar-refractivity contribution in [2.24, 2.45) is 0 Å². The molecule has 1 N–H and O–H groups in total. The van der Waals surface area contributed by atoms with Gasteiger partial charge in [0.1, 0.15) is 23.1 Å². The predicted octanol–water partition coefficient (Wildman–Crippen LogP) is 2.98. The lowest BCUT2D eigenvalue weighted by Gasteiger charge is -2.14. The summed E-state index contributed by atoms with van der Waals surface area (Å²) >= 11 is 0. The van der Waals surface area contributed by atoms with Gasteiger partial charge in [-0.1, -0.05) is 18.2 Å². The van der Waals surface area contributed by atoms with Gasteiger partial charge in [0.15, 0.2) is 0 Å². The highest BCUT2D eigenvalue weighted by atomic mass is 16.3. The van der Waals surface area contributed by atoms with Crippen molar-refractivity contribution >= 4 is 16.8 Å². The number of hydrogen-bond donors (Lipinski definition) is 1. The molecule has 4 aromatic rings. The molecule has 0 aliphatic carbocycles. The summed E-state index contributed by atoms with van der Waals surface area (Å²) in [7, 11) is 0. The van der Waals surface area contributed by atoms with Crippen LogP contribution in [0.4, 0.5) is 0 Å². The molecule has 0 unspecified atom stereocenters. The fourth-order valence-electron chi connectivity index (χ4n) is 3.48. The molecule has 1 atom stereocenters. The molecule has 0 spiro atoms. The highest BCUT2D eigenvalue weighted by Gasteiger charge is 2.23. The van der Waals surface area contributed by atoms with E-state index in [0.717, 1.165) is 11.4 Å². The van der Waals surface area contributed by atoms with Crippen molar-refractivity contribution in [2.75, 3.05) is 0 Å². The first-order valence-electron chi connectivity index (χ1n) is 9.74. The molecule has 0 saturated heterocycles. The number of fused-ring (bicyclic) bond motifs is 1. The lowest BCUT2D eigenvalue weighted by atomic mass is 10.2. The number of amides is 1. The van der Waals surface area contributed by atoms with Crippen LogP contribution in [0.2, 0.25) is 0 Å². The molecule has 30 heavy (non-hydrogen) atoms. The summed E-state index contributed by atoms with van der Waals surface area (Å²) in [6.07, 6.45) is 0. The maximum atomic E-state index is 13.2. The van der Waals surface area contributed by atoms with E-state index in [1.54, 1.807) is 18.5 Å². The van der Waals surface area contributed by atoms with Gasteiger partial charge in [0.2, 0.25) is 5.91 Å². The average Bonchev–Trinajstić information content (AvgIpc) is 3.32. The molecule has 0 radical (unpaired) electrons. The Labute approximate surface area is 173 Å². The van der Waals surface area contributed by atoms with E-state index in [9.17, 15) is 9.59 Å². The number of carbonyl (C=O) groups excluding carboxylic acids is 1. The van der Waals surface area contributed by atoms with Crippen molar-refractivity contribution in [3.63, 3.8) is 0 Å². The molecule has 3 aromatic heterocycles. The second kappa shape index (κ2) is 7.62. The van der Waals surface area contributed by atoms with Crippen molar-refractivity contribution in [3.05, 3.63) is 75.7 Å². The molecule has 8 nitrogen and oxygen atoms in total. The lowest BCUT2D eigenvalue weighted by Crippen LogP contribution is -2.37. The minimum atomic E-state index is -0.781. The average molecular weight is 405 g/mol. The smallest absolute Gasteiger partial charge is 0.278 e. The van der Waals surface area contributed by atoms with Crippen molar-refractivity contribution in [1.82, 2.24) is 24.9 Å². The van der Waals surface area contributed by atoms with E-state index in [1.165, 1.54) is 4.68 Å². The summed E-state index contributed by atoms with van der Waals surface area (Å²) in [6, 6.07) is 12.5. The number of rotatable bonds is 5. The first kappa shape index (κ1) is 19.6. The summed E-state index contributed by atoms with van der Waals surface area (Å²) in [5.74, 6) is 1.11. The van der Waals surface area contributed by atoms with Crippen LogP contribution in [0.25, 0.3) is 16.6 Å². The Morgan fingerprint density at radius 2 is 1.83 bits per heavy atom. The van der Waals surface area contributed by atoms with Gasteiger partial charge in [-0.3, -0.25) is 9.59 Å². The Hall–Kier alpha value is -3.68. The Balaban J connectivity index is 1.69. The molecule has 1 amide bonds. The van der Waals surface area contributed by atoms with Crippen LogP contribution in [-0.2, 0) is 11.3 Å². The number of aryl methyl sites for hydroxylation is 3. The Morgan fingerprint density at radius 1 is 1.10 bits per heavy atom. The third kappa shape index (κ3) is 3.41. The second-order valence-corrected chi connectivity index (χ2v) is 7.30. The van der Waals surface area contributed by atoms with E-state index >= 15 is 0 Å². The van der Waals surface area contributed by atoms with Gasteiger partial charge in [-0.25, -0.2) is 9.36 Å². The number of nitrogens with one attached hydrogen (secondary N) is 1. The van der Waals surface area contributed by atoms with E-state index in [2.05, 4.69) is 15.5 Å². The van der Waals surface area contributed by atoms with Crippen LogP contribution in [0.3, 0.4) is 0 Å². The molecule has 0 bridgehead atoms. The molecule has 0 aliphatic heterocycles. The number of hydrogen-bond acceptors (Lipinski definition) is 5. The molecule has 1 aromatic carbocycles. The van der Waals surface area contributed by atoms with Crippen LogP contribution in [0.15, 0.2) is 51.7 Å². The van der Waals surface area contributed by atoms with E-state index in [0.29, 0.717) is 28.1 Å². The van der Waals surface area contributed by atoms with Gasteiger partial charge >= 0.3 is 0 Å². The van der Waals surface area contributed by atoms with Crippen LogP contribution in [-0.4, -0.2) is 25.5 Å². The first-order valence-corrected chi connectivity index (χ1v) is 9.74. The molecule has 0 fully saturated rings. The van der Waals surface area contributed by atoms with Gasteiger partial charge in [-0.15, -0.1) is 0 Å². The molecular formula is C22H23N5O3. The Morgan fingerprint density at radius 3 is 2.50 bits per heavy atom. The number of para-hydroxylation sites is 1. The molecule has 3 heterocycles. The zero-order valence-electron chi connectivity index (χ0n) is 17.3. The lowest BCUT2D eigenvalue weighted by molar-refractivity contribution is -0.124. The zero-order valence-corrected chi connectivity index (χ0v) is 17.3. The molecule has 4 rings (SSSR count). The Bertz CT molecular complexity index is 1280. The SMILES string of the molecule is Cc1ccc(CNC(=O)[C@H](C)n2nc(C)c3nn(-c4ccccc4)c(C)c3c2=O)o1. The van der Waals surface area contributed by atoms with Crippen LogP contribution in [0.5, 0.6) is 0 Å². The van der Waals surface area contributed by atoms with Crippen LogP contribution in [0.1, 0.15) is 35.9 Å². The number of benzene rings is 1. The topological polar surface area (TPSA) is 95.0 Å². The van der Waals surface area contributed by atoms with Gasteiger partial charge in [0.05, 0.1) is 29.0 Å². The largest absolute Gasteiger partial charge is 0.465 e. The summed E-state index contributed by atoms with van der Waals surface area (Å²) < 4.78 is 8.43. The summed E-state index contributed by atoms with van der Waals surface area (Å²) in [5, 5.41) is 12.2. The van der Waals surface area contributed by atoms with Gasteiger partial charge in [-0.2, -0.15) is 10.2 Å². The minimum absolute atomic E-state index is 0.248. The van der Waals surface area contributed by atoms with Gasteiger partial charge in [0.25, 0.3) is 5.56 Å². The van der Waals surface area contributed by atoms with Crippen LogP contribution in [0, 0.1) is 20.8 Å². The number of aromatic nitrogens is 4. The summed E-state index contributed by atoms with van der Waals surface area (Å²) in [6.45, 7) is 7.37.